The lowest BCUT2D eigenvalue weighted by molar-refractivity contribution is 0.707. The monoisotopic (exact) mass is 350 g/mol. The normalized spacial score (nSPS) is 13.0. The van der Waals surface area contributed by atoms with Gasteiger partial charge in [-0.05, 0) is 50.1 Å². The van der Waals surface area contributed by atoms with Gasteiger partial charge in [-0.15, -0.1) is 0 Å². The molecule has 122 valence electrons. The number of halogens is 2. The summed E-state index contributed by atoms with van der Waals surface area (Å²) in [4.78, 5) is 8.81. The van der Waals surface area contributed by atoms with E-state index in [1.54, 1.807) is 12.1 Å². The lowest BCUT2D eigenvalue weighted by Crippen LogP contribution is -2.34. The smallest absolute Gasteiger partial charge is 0.189 e. The van der Waals surface area contributed by atoms with Gasteiger partial charge < -0.3 is 11.1 Å². The highest BCUT2D eigenvalue weighted by Gasteiger charge is 2.10. The molecule has 0 aliphatic carbocycles. The minimum absolute atomic E-state index is 0.0729. The Balaban J connectivity index is 2.02. The van der Waals surface area contributed by atoms with Crippen molar-refractivity contribution in [2.24, 2.45) is 10.7 Å². The SMILES string of the molecule is Cc1ccc(CN=C(N)NC(C)c2ccc(Cl)cc2Cl)nc1C. The number of benzene rings is 1. The number of nitrogens with two attached hydrogens (primary N) is 1. The summed E-state index contributed by atoms with van der Waals surface area (Å²) in [6, 6.07) is 9.30. The molecule has 4 nitrogen and oxygen atoms in total. The number of nitrogens with one attached hydrogen (secondary N) is 1. The topological polar surface area (TPSA) is 63.3 Å². The van der Waals surface area contributed by atoms with Crippen LogP contribution in [0.5, 0.6) is 0 Å². The fraction of sp³-hybridized carbons (Fsp3) is 0.294. The molecule has 0 amide bonds. The largest absolute Gasteiger partial charge is 0.370 e. The van der Waals surface area contributed by atoms with Crippen LogP contribution in [-0.4, -0.2) is 10.9 Å². The zero-order valence-corrected chi connectivity index (χ0v) is 14.9. The Morgan fingerprint density at radius 3 is 2.65 bits per heavy atom. The van der Waals surface area contributed by atoms with E-state index in [9.17, 15) is 0 Å². The maximum Gasteiger partial charge on any atom is 0.189 e. The number of guanidine groups is 1. The van der Waals surface area contributed by atoms with Crippen molar-refractivity contribution in [3.63, 3.8) is 0 Å². The van der Waals surface area contributed by atoms with Crippen molar-refractivity contribution in [1.29, 1.82) is 0 Å². The van der Waals surface area contributed by atoms with Gasteiger partial charge in [0.15, 0.2) is 5.96 Å². The molecular weight excluding hydrogens is 331 g/mol. The molecule has 1 aromatic heterocycles. The lowest BCUT2D eigenvalue weighted by Gasteiger charge is -2.16. The maximum absolute atomic E-state index is 6.20. The molecule has 1 unspecified atom stereocenters. The van der Waals surface area contributed by atoms with Crippen molar-refractivity contribution in [3.8, 4) is 0 Å². The van der Waals surface area contributed by atoms with Crippen LogP contribution in [0.1, 0.15) is 35.5 Å². The lowest BCUT2D eigenvalue weighted by atomic mass is 10.1. The molecule has 0 spiro atoms. The first-order valence-electron chi connectivity index (χ1n) is 7.31. The first kappa shape index (κ1) is 17.6. The summed E-state index contributed by atoms with van der Waals surface area (Å²) in [5, 5.41) is 4.33. The highest BCUT2D eigenvalue weighted by atomic mass is 35.5. The molecular formula is C17H20Cl2N4. The van der Waals surface area contributed by atoms with Crippen LogP contribution in [0.15, 0.2) is 35.3 Å². The summed E-state index contributed by atoms with van der Waals surface area (Å²) in [6.45, 7) is 6.41. The third kappa shape index (κ3) is 4.85. The maximum atomic E-state index is 6.20. The predicted octanol–water partition coefficient (Wildman–Crippen LogP) is 4.17. The average molecular weight is 351 g/mol. The van der Waals surface area contributed by atoms with Gasteiger partial charge in [-0.2, -0.15) is 0 Å². The Hall–Kier alpha value is -1.78. The van der Waals surface area contributed by atoms with Crippen LogP contribution in [0.3, 0.4) is 0 Å². The van der Waals surface area contributed by atoms with Crippen LogP contribution in [0.2, 0.25) is 10.0 Å². The Morgan fingerprint density at radius 1 is 1.26 bits per heavy atom. The molecule has 0 saturated carbocycles. The standard InChI is InChI=1S/C17H20Cl2N4/c1-10-4-6-14(22-11(10)2)9-21-17(20)23-12(3)15-7-5-13(18)8-16(15)19/h4-8,12H,9H2,1-3H3,(H3,20,21,23). The number of pyridine rings is 1. The van der Waals surface area contributed by atoms with E-state index < -0.39 is 0 Å². The van der Waals surface area contributed by atoms with E-state index in [1.807, 2.05) is 39.0 Å². The molecule has 23 heavy (non-hydrogen) atoms. The molecule has 3 N–H and O–H groups in total. The third-order valence-corrected chi connectivity index (χ3v) is 4.17. The number of hydrogen-bond donors (Lipinski definition) is 2. The molecule has 1 heterocycles. The van der Waals surface area contributed by atoms with Gasteiger partial charge in [0.1, 0.15) is 0 Å². The van der Waals surface area contributed by atoms with Gasteiger partial charge in [0.2, 0.25) is 0 Å². The van der Waals surface area contributed by atoms with E-state index in [-0.39, 0.29) is 6.04 Å². The fourth-order valence-electron chi connectivity index (χ4n) is 2.13. The summed E-state index contributed by atoms with van der Waals surface area (Å²) >= 11 is 12.1. The molecule has 0 aliphatic rings. The first-order chi connectivity index (χ1) is 10.9. The van der Waals surface area contributed by atoms with E-state index in [0.29, 0.717) is 22.5 Å². The number of hydrogen-bond acceptors (Lipinski definition) is 2. The average Bonchev–Trinajstić information content (AvgIpc) is 2.48. The van der Waals surface area contributed by atoms with E-state index in [1.165, 1.54) is 0 Å². The first-order valence-corrected chi connectivity index (χ1v) is 8.07. The molecule has 6 heteroatoms. The quantitative estimate of drug-likeness (QED) is 0.642. The van der Waals surface area contributed by atoms with Gasteiger partial charge >= 0.3 is 0 Å². The second-order valence-electron chi connectivity index (χ2n) is 5.44. The van der Waals surface area contributed by atoms with E-state index in [4.69, 9.17) is 28.9 Å². The van der Waals surface area contributed by atoms with Crippen molar-refractivity contribution < 1.29 is 0 Å². The molecule has 2 rings (SSSR count). The molecule has 0 aliphatic heterocycles. The zero-order valence-electron chi connectivity index (χ0n) is 13.4. The molecule has 2 aromatic rings. The van der Waals surface area contributed by atoms with Crippen LogP contribution in [-0.2, 0) is 6.54 Å². The minimum atomic E-state index is -0.0729. The summed E-state index contributed by atoms with van der Waals surface area (Å²) in [7, 11) is 0. The van der Waals surface area contributed by atoms with Gasteiger partial charge in [-0.25, -0.2) is 4.99 Å². The Morgan fingerprint density at radius 2 is 2.00 bits per heavy atom. The summed E-state index contributed by atoms with van der Waals surface area (Å²) in [6.07, 6.45) is 0. The van der Waals surface area contributed by atoms with Crippen LogP contribution in [0.4, 0.5) is 0 Å². The second-order valence-corrected chi connectivity index (χ2v) is 6.28. The molecule has 1 atom stereocenters. The molecule has 0 fully saturated rings. The fourth-order valence-corrected chi connectivity index (χ4v) is 2.71. The van der Waals surface area contributed by atoms with Gasteiger partial charge in [0.05, 0.1) is 18.3 Å². The van der Waals surface area contributed by atoms with Gasteiger partial charge in [-0.1, -0.05) is 35.3 Å². The Bertz CT molecular complexity index is 729. The number of nitrogens with zero attached hydrogens (tertiary/aromatic N) is 2. The van der Waals surface area contributed by atoms with Crippen LogP contribution < -0.4 is 11.1 Å². The third-order valence-electron chi connectivity index (χ3n) is 3.61. The molecule has 0 saturated heterocycles. The van der Waals surface area contributed by atoms with Crippen LogP contribution in [0, 0.1) is 13.8 Å². The van der Waals surface area contributed by atoms with Crippen LogP contribution >= 0.6 is 23.2 Å². The molecule has 1 aromatic carbocycles. The highest BCUT2D eigenvalue weighted by Crippen LogP contribution is 2.25. The van der Waals surface area contributed by atoms with Crippen molar-refractivity contribution in [1.82, 2.24) is 10.3 Å². The highest BCUT2D eigenvalue weighted by molar-refractivity contribution is 6.35. The van der Waals surface area contributed by atoms with Gasteiger partial charge in [0, 0.05) is 15.7 Å². The second kappa shape index (κ2) is 7.66. The van der Waals surface area contributed by atoms with Gasteiger partial charge in [0.25, 0.3) is 0 Å². The van der Waals surface area contributed by atoms with Crippen molar-refractivity contribution >= 4 is 29.2 Å². The number of rotatable bonds is 4. The molecule has 0 radical (unpaired) electrons. The van der Waals surface area contributed by atoms with Gasteiger partial charge in [-0.3, -0.25) is 4.98 Å². The predicted molar refractivity (Wildman–Crippen MR) is 97.1 cm³/mol. The Kier molecular flexibility index (Phi) is 5.85. The van der Waals surface area contributed by atoms with Crippen molar-refractivity contribution in [2.45, 2.75) is 33.4 Å². The summed E-state index contributed by atoms with van der Waals surface area (Å²) in [5.41, 5.74) is 9.92. The number of aromatic nitrogens is 1. The van der Waals surface area contributed by atoms with E-state index >= 15 is 0 Å². The summed E-state index contributed by atoms with van der Waals surface area (Å²) < 4.78 is 0. The van der Waals surface area contributed by atoms with Crippen molar-refractivity contribution in [3.05, 3.63) is 62.9 Å². The van der Waals surface area contributed by atoms with E-state index in [0.717, 1.165) is 22.5 Å². The summed E-state index contributed by atoms with van der Waals surface area (Å²) in [5.74, 6) is 0.351. The van der Waals surface area contributed by atoms with Crippen LogP contribution in [0.25, 0.3) is 0 Å². The number of aliphatic imine (C=N–C) groups is 1. The minimum Gasteiger partial charge on any atom is -0.370 e. The van der Waals surface area contributed by atoms with E-state index in [2.05, 4.69) is 15.3 Å². The van der Waals surface area contributed by atoms with Crippen molar-refractivity contribution in [2.75, 3.05) is 0 Å². The Labute approximate surface area is 146 Å². The zero-order chi connectivity index (χ0) is 17.0. The number of aryl methyl sites for hydroxylation is 2. The molecule has 0 bridgehead atoms.